The molecule has 0 N–H and O–H groups in total. The predicted octanol–water partition coefficient (Wildman–Crippen LogP) is 5.44. The summed E-state index contributed by atoms with van der Waals surface area (Å²) in [5, 5.41) is 0.819. The molecule has 0 saturated heterocycles. The van der Waals surface area contributed by atoms with Gasteiger partial charge in [0.1, 0.15) is 0 Å². The standard InChI is InChI=1S/C15H14BrCl/c1-10-6-8-12(9-7-10)15(16)13-4-3-5-14(17)11(13)2/h3-9,15H,1-2H3. The van der Waals surface area contributed by atoms with Crippen molar-refractivity contribution in [1.82, 2.24) is 0 Å². The van der Waals surface area contributed by atoms with Gasteiger partial charge < -0.3 is 0 Å². The highest BCUT2D eigenvalue weighted by atomic mass is 79.9. The second kappa shape index (κ2) is 5.24. The lowest BCUT2D eigenvalue weighted by atomic mass is 10.00. The van der Waals surface area contributed by atoms with Crippen molar-refractivity contribution in [3.63, 3.8) is 0 Å². The number of alkyl halides is 1. The first-order valence-electron chi connectivity index (χ1n) is 5.55. The van der Waals surface area contributed by atoms with Gasteiger partial charge in [-0.15, -0.1) is 0 Å². The fraction of sp³-hybridized carbons (Fsp3) is 0.200. The van der Waals surface area contributed by atoms with Crippen LogP contribution in [-0.4, -0.2) is 0 Å². The van der Waals surface area contributed by atoms with Crippen molar-refractivity contribution in [3.05, 3.63) is 69.7 Å². The van der Waals surface area contributed by atoms with Crippen LogP contribution < -0.4 is 0 Å². The largest absolute Gasteiger partial charge is 0.0840 e. The van der Waals surface area contributed by atoms with E-state index in [-0.39, 0.29) is 4.83 Å². The van der Waals surface area contributed by atoms with Gasteiger partial charge in [-0.1, -0.05) is 69.5 Å². The predicted molar refractivity (Wildman–Crippen MR) is 78.1 cm³/mol. The summed E-state index contributed by atoms with van der Waals surface area (Å²) in [5.74, 6) is 0. The first kappa shape index (κ1) is 12.7. The van der Waals surface area contributed by atoms with Crippen molar-refractivity contribution in [2.45, 2.75) is 18.7 Å². The Balaban J connectivity index is 2.40. The number of halogens is 2. The molecule has 0 heterocycles. The molecular formula is C15H14BrCl. The van der Waals surface area contributed by atoms with E-state index >= 15 is 0 Å². The van der Waals surface area contributed by atoms with E-state index in [1.807, 2.05) is 12.1 Å². The van der Waals surface area contributed by atoms with Gasteiger partial charge in [0.15, 0.2) is 0 Å². The first-order chi connectivity index (χ1) is 8.09. The van der Waals surface area contributed by atoms with Gasteiger partial charge in [-0.25, -0.2) is 0 Å². The van der Waals surface area contributed by atoms with Crippen molar-refractivity contribution in [2.75, 3.05) is 0 Å². The molecule has 1 unspecified atom stereocenters. The summed E-state index contributed by atoms with van der Waals surface area (Å²) in [4.78, 5) is 0.196. The zero-order valence-electron chi connectivity index (χ0n) is 9.87. The Morgan fingerprint density at radius 1 is 1.00 bits per heavy atom. The van der Waals surface area contributed by atoms with Gasteiger partial charge >= 0.3 is 0 Å². The van der Waals surface area contributed by atoms with Gasteiger partial charge in [0.25, 0.3) is 0 Å². The van der Waals surface area contributed by atoms with Crippen LogP contribution in [0.2, 0.25) is 5.02 Å². The summed E-state index contributed by atoms with van der Waals surface area (Å²) in [7, 11) is 0. The zero-order valence-corrected chi connectivity index (χ0v) is 12.2. The van der Waals surface area contributed by atoms with E-state index in [9.17, 15) is 0 Å². The highest BCUT2D eigenvalue weighted by Crippen LogP contribution is 2.34. The smallest absolute Gasteiger partial charge is 0.0647 e. The molecule has 0 saturated carbocycles. The molecule has 2 aromatic carbocycles. The fourth-order valence-corrected chi connectivity index (χ4v) is 2.80. The number of hydrogen-bond donors (Lipinski definition) is 0. The maximum Gasteiger partial charge on any atom is 0.0647 e. The minimum absolute atomic E-state index is 0.196. The molecule has 0 fully saturated rings. The van der Waals surface area contributed by atoms with E-state index in [2.05, 4.69) is 60.1 Å². The first-order valence-corrected chi connectivity index (χ1v) is 6.84. The molecule has 2 rings (SSSR count). The van der Waals surface area contributed by atoms with Crippen molar-refractivity contribution in [2.24, 2.45) is 0 Å². The average molecular weight is 310 g/mol. The molecule has 2 heteroatoms. The highest BCUT2D eigenvalue weighted by molar-refractivity contribution is 9.09. The van der Waals surface area contributed by atoms with Crippen LogP contribution in [0, 0.1) is 13.8 Å². The van der Waals surface area contributed by atoms with E-state index in [4.69, 9.17) is 11.6 Å². The Kier molecular flexibility index (Phi) is 3.90. The van der Waals surface area contributed by atoms with E-state index in [0.717, 1.165) is 10.6 Å². The molecule has 88 valence electrons. The summed E-state index contributed by atoms with van der Waals surface area (Å²) >= 11 is 9.89. The van der Waals surface area contributed by atoms with Crippen LogP contribution in [0.25, 0.3) is 0 Å². The number of hydrogen-bond acceptors (Lipinski definition) is 0. The van der Waals surface area contributed by atoms with Crippen LogP contribution in [0.4, 0.5) is 0 Å². The lowest BCUT2D eigenvalue weighted by Gasteiger charge is -2.14. The summed E-state index contributed by atoms with van der Waals surface area (Å²) in [5.41, 5.74) is 4.88. The van der Waals surface area contributed by atoms with E-state index in [1.54, 1.807) is 0 Å². The number of aryl methyl sites for hydroxylation is 1. The number of benzene rings is 2. The van der Waals surface area contributed by atoms with Crippen molar-refractivity contribution >= 4 is 27.5 Å². The Bertz CT molecular complexity index is 517. The van der Waals surface area contributed by atoms with Crippen LogP contribution >= 0.6 is 27.5 Å². The molecule has 0 radical (unpaired) electrons. The molecular weight excluding hydrogens is 296 g/mol. The molecule has 17 heavy (non-hydrogen) atoms. The Morgan fingerprint density at radius 2 is 1.65 bits per heavy atom. The highest BCUT2D eigenvalue weighted by Gasteiger charge is 2.13. The third-order valence-corrected chi connectivity index (χ3v) is 4.38. The lowest BCUT2D eigenvalue weighted by molar-refractivity contribution is 1.14. The van der Waals surface area contributed by atoms with Crippen molar-refractivity contribution in [1.29, 1.82) is 0 Å². The molecule has 0 amide bonds. The second-order valence-corrected chi connectivity index (χ2v) is 5.55. The second-order valence-electron chi connectivity index (χ2n) is 4.23. The molecule has 0 spiro atoms. The van der Waals surface area contributed by atoms with Gasteiger partial charge in [0.05, 0.1) is 4.83 Å². The van der Waals surface area contributed by atoms with Crippen LogP contribution in [0.15, 0.2) is 42.5 Å². The summed E-state index contributed by atoms with van der Waals surface area (Å²) in [6, 6.07) is 14.6. The normalized spacial score (nSPS) is 12.5. The zero-order chi connectivity index (χ0) is 12.4. The topological polar surface area (TPSA) is 0 Å². The third kappa shape index (κ3) is 2.72. The summed E-state index contributed by atoms with van der Waals surface area (Å²) in [6.45, 7) is 4.15. The number of rotatable bonds is 2. The van der Waals surface area contributed by atoms with E-state index < -0.39 is 0 Å². The summed E-state index contributed by atoms with van der Waals surface area (Å²) < 4.78 is 0. The van der Waals surface area contributed by atoms with E-state index in [0.29, 0.717) is 0 Å². The quantitative estimate of drug-likeness (QED) is 0.648. The Morgan fingerprint density at radius 3 is 2.29 bits per heavy atom. The molecule has 0 bridgehead atoms. The molecule has 0 aromatic heterocycles. The van der Waals surface area contributed by atoms with Gasteiger partial charge in [0.2, 0.25) is 0 Å². The maximum absolute atomic E-state index is 6.15. The third-order valence-electron chi connectivity index (χ3n) is 2.95. The van der Waals surface area contributed by atoms with Crippen LogP contribution in [-0.2, 0) is 0 Å². The van der Waals surface area contributed by atoms with E-state index in [1.165, 1.54) is 16.7 Å². The molecule has 2 aromatic rings. The average Bonchev–Trinajstić information content (AvgIpc) is 2.33. The molecule has 0 aliphatic carbocycles. The van der Waals surface area contributed by atoms with Gasteiger partial charge in [0, 0.05) is 5.02 Å². The SMILES string of the molecule is Cc1ccc(C(Br)c2cccc(Cl)c2C)cc1. The maximum atomic E-state index is 6.15. The lowest BCUT2D eigenvalue weighted by Crippen LogP contribution is -1.96. The fourth-order valence-electron chi connectivity index (χ4n) is 1.81. The van der Waals surface area contributed by atoms with Gasteiger partial charge in [-0.2, -0.15) is 0 Å². The minimum Gasteiger partial charge on any atom is -0.0840 e. The van der Waals surface area contributed by atoms with Gasteiger partial charge in [-0.3, -0.25) is 0 Å². The van der Waals surface area contributed by atoms with Crippen LogP contribution in [0.3, 0.4) is 0 Å². The van der Waals surface area contributed by atoms with Crippen LogP contribution in [0.5, 0.6) is 0 Å². The van der Waals surface area contributed by atoms with Gasteiger partial charge in [-0.05, 0) is 36.6 Å². The van der Waals surface area contributed by atoms with Crippen molar-refractivity contribution < 1.29 is 0 Å². The van der Waals surface area contributed by atoms with Crippen molar-refractivity contribution in [3.8, 4) is 0 Å². The molecule has 0 nitrogen and oxygen atoms in total. The monoisotopic (exact) mass is 308 g/mol. The Labute approximate surface area is 116 Å². The molecule has 0 aliphatic rings. The Hall–Kier alpha value is -0.790. The summed E-state index contributed by atoms with van der Waals surface area (Å²) in [6.07, 6.45) is 0. The minimum atomic E-state index is 0.196. The molecule has 1 atom stereocenters. The van der Waals surface area contributed by atoms with Crippen LogP contribution in [0.1, 0.15) is 27.1 Å². The molecule has 0 aliphatic heterocycles.